The number of carbonyl (C=O) groups excluding carboxylic acids is 3. The van der Waals surface area contributed by atoms with Gasteiger partial charge < -0.3 is 19.5 Å². The third kappa shape index (κ3) is 5.26. The number of rotatable bonds is 8. The van der Waals surface area contributed by atoms with Crippen molar-refractivity contribution in [1.82, 2.24) is 9.88 Å². The fraction of sp³-hybridized carbons (Fsp3) is 0.241. The first-order chi connectivity index (χ1) is 18.3. The number of halogens is 1. The van der Waals surface area contributed by atoms with Crippen LogP contribution in [0.4, 0.5) is 0 Å². The Morgan fingerprint density at radius 3 is 2.53 bits per heavy atom. The van der Waals surface area contributed by atoms with Crippen molar-refractivity contribution in [3.63, 3.8) is 0 Å². The molecule has 1 amide bonds. The van der Waals surface area contributed by atoms with Crippen LogP contribution >= 0.6 is 11.6 Å². The number of methoxy groups -OCH3 is 1. The number of aromatic nitrogens is 1. The van der Waals surface area contributed by atoms with E-state index in [1.54, 1.807) is 67.8 Å². The van der Waals surface area contributed by atoms with Gasteiger partial charge in [-0.15, -0.1) is 0 Å². The van der Waals surface area contributed by atoms with Crippen LogP contribution in [0.25, 0.3) is 5.76 Å². The van der Waals surface area contributed by atoms with Gasteiger partial charge in [0.1, 0.15) is 11.5 Å². The largest absolute Gasteiger partial charge is 0.507 e. The smallest absolute Gasteiger partial charge is 0.338 e. The quantitative estimate of drug-likeness (QED) is 0.182. The molecule has 0 bridgehead atoms. The third-order valence-corrected chi connectivity index (χ3v) is 6.45. The maximum Gasteiger partial charge on any atom is 0.338 e. The molecule has 0 aliphatic carbocycles. The molecule has 3 aromatic rings. The van der Waals surface area contributed by atoms with E-state index in [-0.39, 0.29) is 28.5 Å². The number of benzene rings is 2. The molecule has 1 unspecified atom stereocenters. The highest BCUT2D eigenvalue weighted by Gasteiger charge is 2.46. The molecule has 1 atom stereocenters. The monoisotopic (exact) mass is 534 g/mol. The topological polar surface area (TPSA) is 106 Å². The minimum atomic E-state index is -0.915. The number of nitrogens with zero attached hydrogens (tertiary/aromatic N) is 2. The zero-order valence-corrected chi connectivity index (χ0v) is 22.0. The number of hydrogen-bond acceptors (Lipinski definition) is 7. The Hall–Kier alpha value is -4.17. The lowest BCUT2D eigenvalue weighted by atomic mass is 9.95. The summed E-state index contributed by atoms with van der Waals surface area (Å²) in [4.78, 5) is 44.3. The SMILES string of the molecule is CCCOC(=O)c1ccc(CN2C(=O)C(=O)/C(=C(/O)c3cc(C)cc(Cl)c3OC)C2c2cccnc2)cc1. The van der Waals surface area contributed by atoms with Gasteiger partial charge in [-0.2, -0.15) is 0 Å². The number of hydrogen-bond donors (Lipinski definition) is 1. The number of pyridine rings is 1. The second kappa shape index (κ2) is 11.5. The zero-order valence-electron chi connectivity index (χ0n) is 21.2. The van der Waals surface area contributed by atoms with Crippen LogP contribution in [0.2, 0.25) is 5.02 Å². The highest BCUT2D eigenvalue weighted by atomic mass is 35.5. The number of amides is 1. The molecule has 9 heteroatoms. The molecule has 2 heterocycles. The fourth-order valence-corrected chi connectivity index (χ4v) is 4.76. The van der Waals surface area contributed by atoms with E-state index in [0.29, 0.717) is 29.7 Å². The normalized spacial score (nSPS) is 16.5. The average molecular weight is 535 g/mol. The van der Waals surface area contributed by atoms with Crippen molar-refractivity contribution in [3.05, 3.63) is 99.3 Å². The zero-order chi connectivity index (χ0) is 27.4. The van der Waals surface area contributed by atoms with Crippen LogP contribution in [0, 0.1) is 6.92 Å². The first kappa shape index (κ1) is 26.9. The Morgan fingerprint density at radius 1 is 1.16 bits per heavy atom. The Bertz CT molecular complexity index is 1400. The van der Waals surface area contributed by atoms with Crippen LogP contribution in [0.3, 0.4) is 0 Å². The number of Topliss-reactive ketones (excluding diaryl/α,β-unsaturated/α-hetero) is 1. The molecule has 1 N–H and O–H groups in total. The van der Waals surface area contributed by atoms with Crippen LogP contribution in [-0.4, -0.2) is 46.4 Å². The van der Waals surface area contributed by atoms with Crippen molar-refractivity contribution >= 4 is 35.0 Å². The second-order valence-corrected chi connectivity index (χ2v) is 9.28. The molecule has 1 aromatic heterocycles. The standard InChI is InChI=1S/C29H27ClN2O6/c1-4-12-38-29(36)19-9-7-18(8-10-19)16-32-24(20-6-5-11-31-15-20)23(26(34)28(32)35)25(33)21-13-17(2)14-22(30)27(21)37-3/h5-11,13-15,24,33H,4,12,16H2,1-3H3/b25-23+. The van der Waals surface area contributed by atoms with E-state index in [1.807, 2.05) is 6.92 Å². The number of aliphatic hydroxyl groups excluding tert-OH is 1. The number of ketones is 1. The van der Waals surface area contributed by atoms with Gasteiger partial charge in [0, 0.05) is 18.9 Å². The van der Waals surface area contributed by atoms with E-state index < -0.39 is 29.5 Å². The van der Waals surface area contributed by atoms with Crippen molar-refractivity contribution in [2.75, 3.05) is 13.7 Å². The molecule has 1 aliphatic heterocycles. The summed E-state index contributed by atoms with van der Waals surface area (Å²) in [6.07, 6.45) is 3.84. The molecule has 0 spiro atoms. The molecular weight excluding hydrogens is 508 g/mol. The van der Waals surface area contributed by atoms with E-state index in [0.717, 1.165) is 5.56 Å². The van der Waals surface area contributed by atoms with Gasteiger partial charge in [0.25, 0.3) is 11.7 Å². The molecule has 2 aromatic carbocycles. The highest BCUT2D eigenvalue weighted by Crippen LogP contribution is 2.43. The Balaban J connectivity index is 1.78. The van der Waals surface area contributed by atoms with Crippen LogP contribution in [0.1, 0.15) is 52.0 Å². The molecule has 196 valence electrons. The lowest BCUT2D eigenvalue weighted by Crippen LogP contribution is -2.29. The summed E-state index contributed by atoms with van der Waals surface area (Å²) >= 11 is 6.34. The number of aryl methyl sites for hydroxylation is 1. The minimum Gasteiger partial charge on any atom is -0.507 e. The van der Waals surface area contributed by atoms with Crippen molar-refractivity contribution in [2.45, 2.75) is 32.9 Å². The van der Waals surface area contributed by atoms with Crippen molar-refractivity contribution < 1.29 is 29.0 Å². The molecule has 0 saturated carbocycles. The molecular formula is C29H27ClN2O6. The average Bonchev–Trinajstić information content (AvgIpc) is 3.16. The lowest BCUT2D eigenvalue weighted by Gasteiger charge is -2.25. The maximum atomic E-state index is 13.4. The van der Waals surface area contributed by atoms with Gasteiger partial charge in [0.15, 0.2) is 0 Å². The van der Waals surface area contributed by atoms with Gasteiger partial charge in [0.2, 0.25) is 0 Å². The summed E-state index contributed by atoms with van der Waals surface area (Å²) in [6, 6.07) is 12.5. The van der Waals surface area contributed by atoms with Crippen molar-refractivity contribution in [2.24, 2.45) is 0 Å². The van der Waals surface area contributed by atoms with E-state index in [2.05, 4.69) is 4.98 Å². The summed E-state index contributed by atoms with van der Waals surface area (Å²) in [5.41, 5.74) is 2.47. The highest BCUT2D eigenvalue weighted by molar-refractivity contribution is 6.46. The molecule has 1 aliphatic rings. The summed E-state index contributed by atoms with van der Waals surface area (Å²) in [5.74, 6) is -2.24. The van der Waals surface area contributed by atoms with Gasteiger partial charge >= 0.3 is 5.97 Å². The van der Waals surface area contributed by atoms with E-state index >= 15 is 0 Å². The molecule has 1 saturated heterocycles. The summed E-state index contributed by atoms with van der Waals surface area (Å²) < 4.78 is 10.6. The number of ether oxygens (including phenoxy) is 2. The molecule has 0 radical (unpaired) electrons. The van der Waals surface area contributed by atoms with Gasteiger partial charge in [-0.3, -0.25) is 14.6 Å². The molecule has 38 heavy (non-hydrogen) atoms. The van der Waals surface area contributed by atoms with Gasteiger partial charge in [-0.1, -0.05) is 36.7 Å². The predicted octanol–water partition coefficient (Wildman–Crippen LogP) is 5.24. The number of aliphatic hydroxyl groups is 1. The number of likely N-dealkylation sites (tertiary alicyclic amines) is 1. The Morgan fingerprint density at radius 2 is 1.89 bits per heavy atom. The van der Waals surface area contributed by atoms with Crippen LogP contribution < -0.4 is 4.74 Å². The first-order valence-electron chi connectivity index (χ1n) is 12.1. The third-order valence-electron chi connectivity index (χ3n) is 6.17. The molecule has 4 rings (SSSR count). The second-order valence-electron chi connectivity index (χ2n) is 8.87. The van der Waals surface area contributed by atoms with Crippen LogP contribution in [0.15, 0.2) is 66.5 Å². The number of carbonyl (C=O) groups is 3. The Kier molecular flexibility index (Phi) is 8.12. The predicted molar refractivity (Wildman–Crippen MR) is 142 cm³/mol. The molecule has 1 fully saturated rings. The Labute approximate surface area is 225 Å². The van der Waals surface area contributed by atoms with Crippen molar-refractivity contribution in [1.29, 1.82) is 0 Å². The van der Waals surface area contributed by atoms with Crippen molar-refractivity contribution in [3.8, 4) is 5.75 Å². The maximum absolute atomic E-state index is 13.4. The molecule has 8 nitrogen and oxygen atoms in total. The van der Waals surface area contributed by atoms with E-state index in [9.17, 15) is 19.5 Å². The summed E-state index contributed by atoms with van der Waals surface area (Å²) in [5, 5.41) is 11.7. The van der Waals surface area contributed by atoms with Gasteiger partial charge in [-0.25, -0.2) is 4.79 Å². The summed E-state index contributed by atoms with van der Waals surface area (Å²) in [6.45, 7) is 4.08. The lowest BCUT2D eigenvalue weighted by molar-refractivity contribution is -0.140. The van der Waals surface area contributed by atoms with Gasteiger partial charge in [-0.05, 0) is 60.4 Å². The van der Waals surface area contributed by atoms with Crippen LogP contribution in [-0.2, 0) is 20.9 Å². The summed E-state index contributed by atoms with van der Waals surface area (Å²) in [7, 11) is 1.41. The van der Waals surface area contributed by atoms with E-state index in [1.165, 1.54) is 12.0 Å². The fourth-order valence-electron chi connectivity index (χ4n) is 4.41. The first-order valence-corrected chi connectivity index (χ1v) is 12.4. The van der Waals surface area contributed by atoms with Crippen LogP contribution in [0.5, 0.6) is 5.75 Å². The number of esters is 1. The van der Waals surface area contributed by atoms with Gasteiger partial charge in [0.05, 0.1) is 41.5 Å². The minimum absolute atomic E-state index is 0.0525. The van der Waals surface area contributed by atoms with E-state index in [4.69, 9.17) is 21.1 Å².